The molecule has 9 heavy (non-hydrogen) atoms. The van der Waals surface area contributed by atoms with Gasteiger partial charge in [0, 0.05) is 0 Å². The quantitative estimate of drug-likeness (QED) is 0.582. The zero-order valence-electron chi connectivity index (χ0n) is 5.54. The van der Waals surface area contributed by atoms with Crippen molar-refractivity contribution in [2.75, 3.05) is 0 Å². The van der Waals surface area contributed by atoms with E-state index in [9.17, 15) is 13.2 Å². The summed E-state index contributed by atoms with van der Waals surface area (Å²) in [6, 6.07) is 0. The summed E-state index contributed by atoms with van der Waals surface area (Å²) in [7, 11) is 0. The fourth-order valence-corrected chi connectivity index (χ4v) is 2.33. The predicted octanol–water partition coefficient (Wildman–Crippen LogP) is 2.43. The second kappa shape index (κ2) is 2.67. The number of hydrogen-bond donors (Lipinski definition) is 0. The molecule has 1 radical (unpaired) electrons. The van der Waals surface area contributed by atoms with Crippen molar-refractivity contribution in [3.8, 4) is 0 Å². The first-order valence-electron chi connectivity index (χ1n) is 2.48. The molecular weight excluding hydrogens is 245 g/mol. The molecule has 0 fully saturated rings. The average Bonchev–Trinajstić information content (AvgIpc) is 1.14. The molecule has 0 rings (SSSR count). The molecule has 0 aliphatic rings. The van der Waals surface area contributed by atoms with Crippen LogP contribution in [-0.4, -0.2) is 25.1 Å². The molecule has 0 nitrogen and oxygen atoms in total. The van der Waals surface area contributed by atoms with Gasteiger partial charge in [-0.05, 0) is 0 Å². The summed E-state index contributed by atoms with van der Waals surface area (Å²) >= 11 is -1.83. The Labute approximate surface area is 62.9 Å². The molecule has 0 bridgehead atoms. The molecule has 0 aromatic carbocycles. The van der Waals surface area contributed by atoms with Crippen molar-refractivity contribution in [2.24, 2.45) is 0 Å². The Hall–Kier alpha value is 0.580. The maximum absolute atomic E-state index is 11.6. The normalized spacial score (nSPS) is 14.0. The number of halogens is 3. The van der Waals surface area contributed by atoms with Gasteiger partial charge in [0.15, 0.2) is 0 Å². The van der Waals surface area contributed by atoms with Crippen LogP contribution in [-0.2, 0) is 0 Å². The molecule has 0 aliphatic heterocycles. The van der Waals surface area contributed by atoms with Crippen molar-refractivity contribution in [2.45, 2.75) is 28.5 Å². The first kappa shape index (κ1) is 9.58. The van der Waals surface area contributed by atoms with E-state index in [0.717, 1.165) is 0 Å². The summed E-state index contributed by atoms with van der Waals surface area (Å²) in [6.45, 7) is 4.88. The number of rotatable bonds is 0. The zero-order valence-corrected chi connectivity index (χ0v) is 7.87. The van der Waals surface area contributed by atoms with E-state index < -0.39 is 28.6 Å². The van der Waals surface area contributed by atoms with Crippen LogP contribution in [0.4, 0.5) is 13.2 Å². The van der Waals surface area contributed by atoms with Crippen LogP contribution in [0.15, 0.2) is 0 Å². The zero-order chi connectivity index (χ0) is 7.71. The van der Waals surface area contributed by atoms with E-state index in [4.69, 9.17) is 0 Å². The monoisotopic (exact) mass is 256 g/mol. The Balaban J connectivity index is 3.75. The minimum absolute atomic E-state index is 0.511. The first-order chi connectivity index (χ1) is 3.71. The van der Waals surface area contributed by atoms with E-state index in [2.05, 4.69) is 0 Å². The number of alkyl halides is 3. The maximum atomic E-state index is 11.6. The minimum atomic E-state index is -3.89. The molecule has 0 aromatic heterocycles. The van der Waals surface area contributed by atoms with Crippen LogP contribution in [0.2, 0.25) is 3.46 Å². The molecule has 0 heterocycles. The van der Waals surface area contributed by atoms with Crippen molar-refractivity contribution in [1.29, 1.82) is 0 Å². The van der Waals surface area contributed by atoms with Gasteiger partial charge in [-0.1, -0.05) is 0 Å². The molecule has 4 heteroatoms. The van der Waals surface area contributed by atoms with Crippen LogP contribution in [0.3, 0.4) is 0 Å². The third kappa shape index (κ3) is 8.58. The summed E-state index contributed by atoms with van der Waals surface area (Å²) in [4.78, 5) is 0. The van der Waals surface area contributed by atoms with Crippen molar-refractivity contribution >= 4 is 20.9 Å². The summed E-state index contributed by atoms with van der Waals surface area (Å²) in [5.74, 6) is 0. The third-order valence-electron chi connectivity index (χ3n) is 0.422. The predicted molar refractivity (Wildman–Crippen MR) is 31.5 cm³/mol. The molecular formula is C5H9F3Te+. The molecule has 0 aliphatic carbocycles. The average molecular weight is 254 g/mol. The van der Waals surface area contributed by atoms with Crippen molar-refractivity contribution in [3.63, 3.8) is 0 Å². The second-order valence-electron chi connectivity index (χ2n) is 2.66. The van der Waals surface area contributed by atoms with E-state index in [1.165, 1.54) is 0 Å². The van der Waals surface area contributed by atoms with Gasteiger partial charge in [-0.3, -0.25) is 0 Å². The van der Waals surface area contributed by atoms with E-state index in [1.807, 2.05) is 0 Å². The van der Waals surface area contributed by atoms with E-state index in [-0.39, 0.29) is 0 Å². The van der Waals surface area contributed by atoms with Crippen LogP contribution >= 0.6 is 0 Å². The molecule has 0 N–H and O–H groups in total. The van der Waals surface area contributed by atoms with Gasteiger partial charge in [0.2, 0.25) is 0 Å². The Morgan fingerprint density at radius 3 is 1.33 bits per heavy atom. The molecule has 0 atom stereocenters. The summed E-state index contributed by atoms with van der Waals surface area (Å²) in [5, 5.41) is 0. The van der Waals surface area contributed by atoms with Gasteiger partial charge in [-0.15, -0.1) is 0 Å². The SMILES string of the molecule is CC(C)(C)[Te+]C(F)(F)F. The van der Waals surface area contributed by atoms with Gasteiger partial charge in [-0.2, -0.15) is 0 Å². The van der Waals surface area contributed by atoms with Crippen LogP contribution in [0, 0.1) is 0 Å². The molecule has 0 saturated heterocycles. The Bertz CT molecular complexity index is 77.4. The number of hydrogen-bond acceptors (Lipinski definition) is 0. The van der Waals surface area contributed by atoms with Gasteiger partial charge >= 0.3 is 62.6 Å². The molecule has 0 aromatic rings. The fraction of sp³-hybridized carbons (Fsp3) is 1.00. The fourth-order valence-electron chi connectivity index (χ4n) is 0.347. The van der Waals surface area contributed by atoms with Crippen molar-refractivity contribution < 1.29 is 13.2 Å². The molecule has 0 spiro atoms. The van der Waals surface area contributed by atoms with Crippen molar-refractivity contribution in [1.82, 2.24) is 0 Å². The molecule has 0 amide bonds. The van der Waals surface area contributed by atoms with Crippen molar-refractivity contribution in [3.05, 3.63) is 0 Å². The Morgan fingerprint density at radius 2 is 1.33 bits per heavy atom. The van der Waals surface area contributed by atoms with E-state index in [1.54, 1.807) is 20.8 Å². The topological polar surface area (TPSA) is 0 Å². The van der Waals surface area contributed by atoms with Gasteiger partial charge in [-0.25, -0.2) is 0 Å². The molecule has 0 saturated carbocycles. The summed E-state index contributed by atoms with van der Waals surface area (Å²) in [5.41, 5.74) is 0. The summed E-state index contributed by atoms with van der Waals surface area (Å²) in [6.07, 6.45) is 0. The molecule has 55 valence electrons. The van der Waals surface area contributed by atoms with E-state index >= 15 is 0 Å². The van der Waals surface area contributed by atoms with Gasteiger partial charge in [0.05, 0.1) is 0 Å². The third-order valence-corrected chi connectivity index (χ3v) is 2.83. The second-order valence-corrected chi connectivity index (χ2v) is 8.06. The van der Waals surface area contributed by atoms with Gasteiger partial charge in [0.1, 0.15) is 0 Å². The molecule has 0 unspecified atom stereocenters. The van der Waals surface area contributed by atoms with Crippen LogP contribution in [0.5, 0.6) is 0 Å². The Morgan fingerprint density at radius 1 is 1.00 bits per heavy atom. The van der Waals surface area contributed by atoms with Crippen LogP contribution in [0.25, 0.3) is 0 Å². The first-order valence-corrected chi connectivity index (χ1v) is 4.81. The standard InChI is InChI=1S/C5H9F3Te/c1-4(2,3)9-5(6,7)8/h1-3H3/q+1. The Kier molecular flexibility index (Phi) is 2.85. The van der Waals surface area contributed by atoms with Crippen LogP contribution < -0.4 is 0 Å². The van der Waals surface area contributed by atoms with Gasteiger partial charge in [0.25, 0.3) is 0 Å². The van der Waals surface area contributed by atoms with E-state index in [0.29, 0.717) is 0 Å². The van der Waals surface area contributed by atoms with Crippen LogP contribution in [0.1, 0.15) is 20.8 Å². The van der Waals surface area contributed by atoms with Gasteiger partial charge < -0.3 is 0 Å². The summed E-state index contributed by atoms with van der Waals surface area (Å²) < 4.78 is 30.4.